The molecule has 6 aromatic carbocycles. The summed E-state index contributed by atoms with van der Waals surface area (Å²) < 4.78 is 30.5. The molecule has 6 aromatic rings. The standard InChI is InChI=1S/C24H25NO5.C24H25NO4.C23H25NO2/c25-16-19-9-13-21(14-10-19)30-23(26)20-11-7-18(8-12-20)6-4-2-1-3-5-15-28-24(27)22-17-29-22;1-2-23(26)28-17-7-5-3-4-6-8-19-9-13-21(14-10-19)24(27)29-22-15-11-20(18-25)12-16-22;1-2-23(25)26-17-7-5-3-4-6-8-19-9-13-21(14-10-19)22-15-11-20(18-24)12-16-22/h7-14,22H,1-6,15,17H2;2,9-16H,1,3-8,17H2;2,9-16H,1,3-8,17H2. The Labute approximate surface area is 500 Å². The Kier molecular flexibility index (Phi) is 30.6. The molecule has 0 saturated carbocycles. The first-order chi connectivity index (χ1) is 41.5. The molecule has 0 aliphatic carbocycles. The molecule has 1 saturated heterocycles. The van der Waals surface area contributed by atoms with Crippen molar-refractivity contribution in [3.8, 4) is 40.8 Å². The van der Waals surface area contributed by atoms with E-state index in [1.165, 1.54) is 47.2 Å². The van der Waals surface area contributed by atoms with Crippen LogP contribution in [0.15, 0.2) is 171 Å². The van der Waals surface area contributed by atoms with Crippen molar-refractivity contribution >= 4 is 29.8 Å². The van der Waals surface area contributed by atoms with E-state index < -0.39 is 11.9 Å². The Morgan fingerprint density at radius 3 is 1.04 bits per heavy atom. The van der Waals surface area contributed by atoms with E-state index >= 15 is 0 Å². The average molecular weight is 1150 g/mol. The lowest BCUT2D eigenvalue weighted by atomic mass is 10.0. The van der Waals surface area contributed by atoms with Crippen LogP contribution in [0.4, 0.5) is 0 Å². The van der Waals surface area contributed by atoms with Crippen LogP contribution in [-0.4, -0.2) is 62.4 Å². The van der Waals surface area contributed by atoms with Gasteiger partial charge in [0, 0.05) is 12.2 Å². The zero-order valence-corrected chi connectivity index (χ0v) is 48.4. The third kappa shape index (κ3) is 27.0. The summed E-state index contributed by atoms with van der Waals surface area (Å²) in [6.45, 7) is 8.64. The number of carbonyl (C=O) groups is 5. The molecule has 1 heterocycles. The molecule has 0 radical (unpaired) electrons. The number of hydrogen-bond acceptors (Lipinski definition) is 14. The van der Waals surface area contributed by atoms with Gasteiger partial charge in [-0.15, -0.1) is 0 Å². The van der Waals surface area contributed by atoms with Gasteiger partial charge >= 0.3 is 29.8 Å². The van der Waals surface area contributed by atoms with Crippen molar-refractivity contribution in [1.29, 1.82) is 15.8 Å². The molecule has 0 spiro atoms. The Bertz CT molecular complexity index is 3150. The molecule has 7 rings (SSSR count). The fourth-order valence-electron chi connectivity index (χ4n) is 8.54. The maximum absolute atomic E-state index is 12.2. The van der Waals surface area contributed by atoms with Gasteiger partial charge in [0.1, 0.15) is 11.5 Å². The van der Waals surface area contributed by atoms with Crippen molar-refractivity contribution in [3.63, 3.8) is 0 Å². The summed E-state index contributed by atoms with van der Waals surface area (Å²) in [4.78, 5) is 57.5. The second-order valence-electron chi connectivity index (χ2n) is 20.1. The van der Waals surface area contributed by atoms with Crippen molar-refractivity contribution < 1.29 is 52.4 Å². The number of benzene rings is 6. The first-order valence-corrected chi connectivity index (χ1v) is 29.1. The van der Waals surface area contributed by atoms with Gasteiger partial charge in [-0.2, -0.15) is 15.8 Å². The van der Waals surface area contributed by atoms with E-state index in [2.05, 4.69) is 43.5 Å². The first kappa shape index (κ1) is 66.4. The summed E-state index contributed by atoms with van der Waals surface area (Å²) in [7, 11) is 0. The summed E-state index contributed by atoms with van der Waals surface area (Å²) in [6.07, 6.45) is 21.0. The minimum Gasteiger partial charge on any atom is -0.464 e. The highest BCUT2D eigenvalue weighted by atomic mass is 16.6. The summed E-state index contributed by atoms with van der Waals surface area (Å²) in [6, 6.07) is 50.3. The first-order valence-electron chi connectivity index (χ1n) is 29.1. The lowest BCUT2D eigenvalue weighted by Crippen LogP contribution is -2.12. The van der Waals surface area contributed by atoms with Gasteiger partial charge in [-0.25, -0.2) is 24.0 Å². The van der Waals surface area contributed by atoms with Crippen LogP contribution >= 0.6 is 0 Å². The summed E-state index contributed by atoms with van der Waals surface area (Å²) in [5.74, 6) is -0.947. The van der Waals surface area contributed by atoms with E-state index in [0.29, 0.717) is 65.7 Å². The van der Waals surface area contributed by atoms with Crippen LogP contribution in [0.25, 0.3) is 11.1 Å². The minimum atomic E-state index is -0.418. The smallest absolute Gasteiger partial charge is 0.343 e. The van der Waals surface area contributed by atoms with Crippen molar-refractivity contribution in [3.05, 3.63) is 215 Å². The van der Waals surface area contributed by atoms with E-state index in [9.17, 15) is 24.0 Å². The van der Waals surface area contributed by atoms with Crippen LogP contribution in [0.5, 0.6) is 11.5 Å². The number of hydrogen-bond donors (Lipinski definition) is 0. The predicted molar refractivity (Wildman–Crippen MR) is 325 cm³/mol. The molecule has 0 bridgehead atoms. The van der Waals surface area contributed by atoms with Crippen LogP contribution in [0.2, 0.25) is 0 Å². The molecule has 0 N–H and O–H groups in total. The Balaban J connectivity index is 0.000000234. The number of esters is 5. The third-order valence-electron chi connectivity index (χ3n) is 13.6. The fourth-order valence-corrected chi connectivity index (χ4v) is 8.54. The van der Waals surface area contributed by atoms with E-state index in [4.69, 9.17) is 44.2 Å². The van der Waals surface area contributed by atoms with Crippen molar-refractivity contribution in [2.24, 2.45) is 0 Å². The van der Waals surface area contributed by atoms with E-state index in [1.54, 1.807) is 72.8 Å². The van der Waals surface area contributed by atoms with Gasteiger partial charge < -0.3 is 28.4 Å². The van der Waals surface area contributed by atoms with Crippen LogP contribution in [-0.2, 0) is 52.6 Å². The van der Waals surface area contributed by atoms with Crippen LogP contribution in [0, 0.1) is 34.0 Å². The van der Waals surface area contributed by atoms with Gasteiger partial charge in [0.2, 0.25) is 0 Å². The van der Waals surface area contributed by atoms with Gasteiger partial charge in [0.05, 0.1) is 72.5 Å². The maximum Gasteiger partial charge on any atom is 0.343 e. The molecule has 0 aromatic heterocycles. The summed E-state index contributed by atoms with van der Waals surface area (Å²) in [5.41, 5.74) is 8.73. The van der Waals surface area contributed by atoms with Gasteiger partial charge in [-0.3, -0.25) is 0 Å². The Hall–Kier alpha value is -9.42. The number of aryl methyl sites for hydroxylation is 3. The molecule has 1 atom stereocenters. The highest BCUT2D eigenvalue weighted by Gasteiger charge is 2.32. The average Bonchev–Trinajstić information content (AvgIpc) is 4.57. The summed E-state index contributed by atoms with van der Waals surface area (Å²) in [5, 5.41) is 26.4. The van der Waals surface area contributed by atoms with Crippen LogP contribution < -0.4 is 9.47 Å². The number of unbranched alkanes of at least 4 members (excludes halogenated alkanes) is 12. The lowest BCUT2D eigenvalue weighted by Gasteiger charge is -2.06. The van der Waals surface area contributed by atoms with E-state index in [-0.39, 0.29) is 24.0 Å². The van der Waals surface area contributed by atoms with E-state index in [1.807, 2.05) is 60.7 Å². The third-order valence-corrected chi connectivity index (χ3v) is 13.6. The zero-order valence-electron chi connectivity index (χ0n) is 48.4. The van der Waals surface area contributed by atoms with Crippen LogP contribution in [0.3, 0.4) is 0 Å². The van der Waals surface area contributed by atoms with Crippen molar-refractivity contribution in [1.82, 2.24) is 0 Å². The topological polar surface area (TPSA) is 215 Å². The zero-order chi connectivity index (χ0) is 60.7. The molecular formula is C71H75N3O11. The van der Waals surface area contributed by atoms with Gasteiger partial charge in [-0.05, 0) is 171 Å². The fraction of sp³-hybridized carbons (Fsp3) is 0.324. The van der Waals surface area contributed by atoms with Gasteiger partial charge in [-0.1, -0.05) is 132 Å². The molecule has 440 valence electrons. The molecule has 0 amide bonds. The molecule has 85 heavy (non-hydrogen) atoms. The second-order valence-corrected chi connectivity index (χ2v) is 20.1. The largest absolute Gasteiger partial charge is 0.464 e. The number of carbonyl (C=O) groups excluding carboxylic acids is 5. The van der Waals surface area contributed by atoms with Crippen molar-refractivity contribution in [2.75, 3.05) is 26.4 Å². The second kappa shape index (κ2) is 39.1. The SMILES string of the molecule is C=CC(=O)OCCCCCCCc1ccc(-c2ccc(C#N)cc2)cc1.C=CC(=O)OCCCCCCCc1ccc(C(=O)Oc2ccc(C#N)cc2)cc1.N#Cc1ccc(OC(=O)c2ccc(CCCCCCCOC(=O)C3CO3)cc2)cc1. The number of nitriles is 3. The predicted octanol–water partition coefficient (Wildman–Crippen LogP) is 14.7. The van der Waals surface area contributed by atoms with Crippen molar-refractivity contribution in [2.45, 2.75) is 122 Å². The molecule has 1 unspecified atom stereocenters. The molecule has 14 heteroatoms. The Morgan fingerprint density at radius 2 is 0.706 bits per heavy atom. The molecule has 1 fully saturated rings. The normalized spacial score (nSPS) is 11.7. The summed E-state index contributed by atoms with van der Waals surface area (Å²) >= 11 is 0. The highest BCUT2D eigenvalue weighted by Crippen LogP contribution is 2.22. The van der Waals surface area contributed by atoms with E-state index in [0.717, 1.165) is 108 Å². The monoisotopic (exact) mass is 1150 g/mol. The van der Waals surface area contributed by atoms with Crippen LogP contribution in [0.1, 0.15) is 150 Å². The molecular weight excluding hydrogens is 1070 g/mol. The quantitative estimate of drug-likeness (QED) is 0.00959. The highest BCUT2D eigenvalue weighted by molar-refractivity contribution is 5.91. The van der Waals surface area contributed by atoms with Gasteiger partial charge in [0.25, 0.3) is 0 Å². The van der Waals surface area contributed by atoms with Gasteiger partial charge in [0.15, 0.2) is 6.10 Å². The molecule has 1 aliphatic rings. The number of nitrogens with zero attached hydrogens (tertiary/aromatic N) is 3. The molecule has 14 nitrogen and oxygen atoms in total. The molecule has 1 aliphatic heterocycles. The number of rotatable bonds is 32. The maximum atomic E-state index is 12.2. The number of epoxide rings is 1. The minimum absolute atomic E-state index is 0.237. The number of ether oxygens (including phenoxy) is 6. The Morgan fingerprint density at radius 1 is 0.412 bits per heavy atom. The lowest BCUT2D eigenvalue weighted by molar-refractivity contribution is -0.145.